The summed E-state index contributed by atoms with van der Waals surface area (Å²) in [6, 6.07) is -4.38. The number of likely N-dealkylation sites (N-methyl/N-ethyl adjacent to an activating group) is 1. The van der Waals surface area contributed by atoms with Gasteiger partial charge in [-0.1, -0.05) is 0 Å². The van der Waals surface area contributed by atoms with Crippen molar-refractivity contribution in [3.8, 4) is 0 Å². The molecule has 1 aliphatic carbocycles. The monoisotopic (exact) mass is 846 g/mol. The number of aliphatic hydroxyl groups is 4. The Balaban J connectivity index is 2.11. The molecule has 20 nitrogen and oxygen atoms in total. The van der Waals surface area contributed by atoms with E-state index in [4.69, 9.17) is 34.2 Å². The zero-order valence-corrected chi connectivity index (χ0v) is 36.4. The molecule has 0 aromatic carbocycles. The number of nitrogens with zero attached hydrogens (tertiary/aromatic N) is 1. The molecule has 1 saturated carbocycles. The minimum Gasteiger partial charge on any atom is -0.491 e. The van der Waals surface area contributed by atoms with Gasteiger partial charge in [0.25, 0.3) is 0 Å². The van der Waals surface area contributed by atoms with Crippen LogP contribution in [-0.4, -0.2) is 167 Å². The van der Waals surface area contributed by atoms with Gasteiger partial charge in [-0.3, -0.25) is 4.79 Å². The van der Waals surface area contributed by atoms with Gasteiger partial charge in [0.15, 0.2) is 6.29 Å². The standard InChI is InChI=1S/C39H70N6O14/c1-36(2,3)57-33(50)43-22-14-13-21(18-41-16-12-15-40)55-29(22)26-23(44-34(51)58-37(4,5)6)17-24(42-25(47)19-46)30(27(26)48)56-32-28(49)31(39(10,53)20-54-32)45(11)35(52)59-38(7,8)9/h13,22-24,26-32,41,46,48-49,53H,12,14-20,40H2,1-11H3,(H,42,47)(H,43,50)(H,44,51)/t22-,23+,24-,26?,27+,28-,29+,30+,31-,32-,39+/m1/s1. The van der Waals surface area contributed by atoms with Crippen molar-refractivity contribution in [2.45, 2.75) is 166 Å². The second kappa shape index (κ2) is 20.4. The lowest BCUT2D eigenvalue weighted by molar-refractivity contribution is -0.305. The van der Waals surface area contributed by atoms with Gasteiger partial charge < -0.3 is 80.7 Å². The number of aliphatic hydroxyl groups excluding tert-OH is 3. The predicted molar refractivity (Wildman–Crippen MR) is 213 cm³/mol. The van der Waals surface area contributed by atoms with E-state index in [0.717, 1.165) is 4.90 Å². The molecule has 10 N–H and O–H groups in total. The summed E-state index contributed by atoms with van der Waals surface area (Å²) in [5, 5.41) is 57.0. The number of nitrogens with two attached hydrogens (primary N) is 1. The Morgan fingerprint density at radius 2 is 1.47 bits per heavy atom. The summed E-state index contributed by atoms with van der Waals surface area (Å²) in [4.78, 5) is 53.6. The van der Waals surface area contributed by atoms with E-state index in [2.05, 4.69) is 21.3 Å². The molecule has 0 aromatic rings. The quantitative estimate of drug-likeness (QED) is 0.0892. The smallest absolute Gasteiger partial charge is 0.410 e. The highest BCUT2D eigenvalue weighted by atomic mass is 16.7. The van der Waals surface area contributed by atoms with E-state index in [-0.39, 0.29) is 19.4 Å². The van der Waals surface area contributed by atoms with Gasteiger partial charge in [-0.05, 0) is 108 Å². The molecule has 0 spiro atoms. The van der Waals surface area contributed by atoms with E-state index in [1.165, 1.54) is 14.0 Å². The van der Waals surface area contributed by atoms with Gasteiger partial charge in [0.1, 0.15) is 53.1 Å². The summed E-state index contributed by atoms with van der Waals surface area (Å²) in [5.41, 5.74) is 1.19. The lowest BCUT2D eigenvalue weighted by Crippen LogP contribution is -2.71. The first-order chi connectivity index (χ1) is 27.2. The second-order valence-corrected chi connectivity index (χ2v) is 18.6. The van der Waals surface area contributed by atoms with Gasteiger partial charge in [-0.25, -0.2) is 14.4 Å². The van der Waals surface area contributed by atoms with Crippen molar-refractivity contribution in [3.63, 3.8) is 0 Å². The van der Waals surface area contributed by atoms with Crippen LogP contribution in [0.3, 0.4) is 0 Å². The van der Waals surface area contributed by atoms with E-state index in [1.807, 2.05) is 0 Å². The average Bonchev–Trinajstić information content (AvgIpc) is 3.07. The molecular weight excluding hydrogens is 776 g/mol. The number of rotatable bonds is 13. The molecule has 2 heterocycles. The maximum atomic E-state index is 13.4. The van der Waals surface area contributed by atoms with Crippen molar-refractivity contribution in [1.82, 2.24) is 26.2 Å². The van der Waals surface area contributed by atoms with Gasteiger partial charge in [0.2, 0.25) is 5.91 Å². The van der Waals surface area contributed by atoms with Crippen LogP contribution >= 0.6 is 0 Å². The topological polar surface area (TPSA) is 282 Å². The highest BCUT2D eigenvalue weighted by molar-refractivity contribution is 5.77. The van der Waals surface area contributed by atoms with Crippen molar-refractivity contribution < 1.29 is 68.0 Å². The van der Waals surface area contributed by atoms with Gasteiger partial charge >= 0.3 is 18.3 Å². The first kappa shape index (κ1) is 49.9. The first-order valence-corrected chi connectivity index (χ1v) is 20.1. The Morgan fingerprint density at radius 1 is 0.898 bits per heavy atom. The van der Waals surface area contributed by atoms with E-state index >= 15 is 0 Å². The van der Waals surface area contributed by atoms with E-state index in [9.17, 15) is 39.6 Å². The van der Waals surface area contributed by atoms with Crippen molar-refractivity contribution in [2.24, 2.45) is 11.7 Å². The van der Waals surface area contributed by atoms with Crippen LogP contribution < -0.4 is 27.0 Å². The third-order valence-corrected chi connectivity index (χ3v) is 9.68. The minimum atomic E-state index is -1.80. The maximum absolute atomic E-state index is 13.4. The van der Waals surface area contributed by atoms with Crippen molar-refractivity contribution in [2.75, 3.05) is 39.9 Å². The fraction of sp³-hybridized carbons (Fsp3) is 0.846. The molecular formula is C39H70N6O14. The number of hydrogen-bond donors (Lipinski definition) is 9. The molecule has 3 rings (SSSR count). The van der Waals surface area contributed by atoms with Crippen LogP contribution in [0.2, 0.25) is 0 Å². The highest BCUT2D eigenvalue weighted by Crippen LogP contribution is 2.39. The molecule has 340 valence electrons. The van der Waals surface area contributed by atoms with Gasteiger partial charge in [0.05, 0.1) is 37.4 Å². The summed E-state index contributed by atoms with van der Waals surface area (Å²) in [7, 11) is 1.34. The first-order valence-electron chi connectivity index (χ1n) is 20.1. The van der Waals surface area contributed by atoms with Crippen LogP contribution in [-0.2, 0) is 33.2 Å². The molecule has 59 heavy (non-hydrogen) atoms. The van der Waals surface area contributed by atoms with E-state index in [0.29, 0.717) is 25.3 Å². The van der Waals surface area contributed by atoms with E-state index in [1.54, 1.807) is 68.4 Å². The number of ether oxygens (including phenoxy) is 6. The molecule has 2 aliphatic heterocycles. The SMILES string of the molecule is CN(C(=O)OC(C)(C)C)[C@@H]1[C@@H](O)[C@@H](O[C@H]2[C@H](NC(=O)CO)C[C@H](NC(=O)OC(C)(C)C)C([C@H]3OC(CNCCCN)=CC[C@H]3NC(=O)OC(C)(C)C)[C@@H]2O)OC[C@]1(C)O. The maximum Gasteiger partial charge on any atom is 0.410 e. The third kappa shape index (κ3) is 14.9. The lowest BCUT2D eigenvalue weighted by atomic mass is 9.72. The zero-order chi connectivity index (χ0) is 44.7. The highest BCUT2D eigenvalue weighted by Gasteiger charge is 2.56. The van der Waals surface area contributed by atoms with Crippen molar-refractivity contribution >= 4 is 24.2 Å². The molecule has 0 aromatic heterocycles. The molecule has 1 unspecified atom stereocenters. The Morgan fingerprint density at radius 3 is 2.02 bits per heavy atom. The fourth-order valence-corrected chi connectivity index (χ4v) is 7.38. The Kier molecular flexibility index (Phi) is 17.2. The molecule has 20 heteroatoms. The summed E-state index contributed by atoms with van der Waals surface area (Å²) in [6.07, 6.45) is -7.46. The Labute approximate surface area is 347 Å². The fourth-order valence-electron chi connectivity index (χ4n) is 7.38. The number of alkyl carbamates (subject to hydrolysis) is 2. The average molecular weight is 847 g/mol. The predicted octanol–water partition coefficient (Wildman–Crippen LogP) is 0.331. The normalized spacial score (nSPS) is 31.5. The summed E-state index contributed by atoms with van der Waals surface area (Å²) in [6.45, 7) is 16.5. The zero-order valence-electron chi connectivity index (χ0n) is 36.4. The molecule has 1 saturated heterocycles. The minimum absolute atomic E-state index is 0.147. The molecule has 3 aliphatic rings. The van der Waals surface area contributed by atoms with Gasteiger partial charge in [-0.15, -0.1) is 0 Å². The van der Waals surface area contributed by atoms with E-state index < -0.39 is 121 Å². The van der Waals surface area contributed by atoms with Crippen LogP contribution in [0.4, 0.5) is 14.4 Å². The lowest BCUT2D eigenvalue weighted by Gasteiger charge is -2.52. The van der Waals surface area contributed by atoms with Crippen LogP contribution in [0, 0.1) is 5.92 Å². The Hall–Kier alpha value is -3.50. The molecule has 4 amide bonds. The number of hydrogen-bond acceptors (Lipinski definition) is 16. The molecule has 0 bridgehead atoms. The Bertz CT molecular complexity index is 1460. The number of carbonyl (C=O) groups is 4. The number of carbonyl (C=O) groups excluding carboxylic acids is 4. The third-order valence-electron chi connectivity index (χ3n) is 9.68. The molecule has 11 atom stereocenters. The molecule has 0 radical (unpaired) electrons. The van der Waals surface area contributed by atoms with Crippen LogP contribution in [0.15, 0.2) is 11.8 Å². The number of amides is 4. The largest absolute Gasteiger partial charge is 0.491 e. The van der Waals surface area contributed by atoms with Crippen molar-refractivity contribution in [1.29, 1.82) is 0 Å². The second-order valence-electron chi connectivity index (χ2n) is 18.6. The van der Waals surface area contributed by atoms with Crippen LogP contribution in [0.1, 0.15) is 88.5 Å². The molecule has 2 fully saturated rings. The summed E-state index contributed by atoms with van der Waals surface area (Å²) >= 11 is 0. The van der Waals surface area contributed by atoms with Gasteiger partial charge in [-0.2, -0.15) is 0 Å². The number of nitrogens with one attached hydrogen (secondary N) is 4. The summed E-state index contributed by atoms with van der Waals surface area (Å²) in [5.74, 6) is -1.49. The summed E-state index contributed by atoms with van der Waals surface area (Å²) < 4.78 is 35.4. The van der Waals surface area contributed by atoms with Crippen LogP contribution in [0.25, 0.3) is 0 Å². The van der Waals surface area contributed by atoms with Crippen LogP contribution in [0.5, 0.6) is 0 Å². The van der Waals surface area contributed by atoms with Gasteiger partial charge in [0, 0.05) is 19.0 Å². The van der Waals surface area contributed by atoms with Crippen molar-refractivity contribution in [3.05, 3.63) is 11.8 Å².